The Bertz CT molecular complexity index is 705. The fourth-order valence-corrected chi connectivity index (χ4v) is 1.94. The van der Waals surface area contributed by atoms with Gasteiger partial charge in [-0.15, -0.1) is 0 Å². The molecule has 0 saturated carbocycles. The van der Waals surface area contributed by atoms with Gasteiger partial charge < -0.3 is 10.6 Å². The van der Waals surface area contributed by atoms with Crippen molar-refractivity contribution < 1.29 is 4.79 Å². The molecule has 3 nitrogen and oxygen atoms in total. The monoisotopic (exact) mass is 318 g/mol. The number of hydrogen-bond acceptors (Lipinski definition) is 1. The van der Waals surface area contributed by atoms with Crippen LogP contribution in [0.5, 0.6) is 0 Å². The van der Waals surface area contributed by atoms with Gasteiger partial charge in [-0.05, 0) is 30.3 Å². The van der Waals surface area contributed by atoms with Gasteiger partial charge in [-0.1, -0.05) is 53.2 Å². The van der Waals surface area contributed by atoms with Crippen LogP contribution in [0.4, 0.5) is 10.5 Å². The zero-order valence-electron chi connectivity index (χ0n) is 11.0. The van der Waals surface area contributed by atoms with Gasteiger partial charge in [0.25, 0.3) is 0 Å². The summed E-state index contributed by atoms with van der Waals surface area (Å²) in [5.41, 5.74) is 1.36. The predicted molar refractivity (Wildman–Crippen MR) is 86.8 cm³/mol. The maximum Gasteiger partial charge on any atom is 0.319 e. The Morgan fingerprint density at radius 2 is 1.90 bits per heavy atom. The second-order valence-corrected chi connectivity index (χ2v) is 4.94. The summed E-state index contributed by atoms with van der Waals surface area (Å²) in [4.78, 5) is 11.6. The normalized spacial score (nSPS) is 9.43. The lowest BCUT2D eigenvalue weighted by molar-refractivity contribution is 0.253. The first-order valence-electron chi connectivity index (χ1n) is 6.19. The summed E-state index contributed by atoms with van der Waals surface area (Å²) in [6.07, 6.45) is 0. The number of anilines is 1. The van der Waals surface area contributed by atoms with Crippen molar-refractivity contribution in [1.82, 2.24) is 5.32 Å². The highest BCUT2D eigenvalue weighted by Gasteiger charge is 2.00. The van der Waals surface area contributed by atoms with E-state index < -0.39 is 0 Å². The highest BCUT2D eigenvalue weighted by Crippen LogP contribution is 2.14. The first-order valence-corrected chi connectivity index (χ1v) is 6.94. The molecule has 0 fully saturated rings. The molecule has 2 rings (SSSR count). The Morgan fingerprint density at radius 1 is 1.10 bits per heavy atom. The summed E-state index contributed by atoms with van der Waals surface area (Å²) in [6, 6.07) is 13.9. The number of nitrogens with one attached hydrogen (secondary N) is 2. The maximum atomic E-state index is 11.6. The van der Waals surface area contributed by atoms with E-state index >= 15 is 0 Å². The van der Waals surface area contributed by atoms with Crippen molar-refractivity contribution >= 4 is 34.9 Å². The molecule has 0 radical (unpaired) electrons. The predicted octanol–water partition coefficient (Wildman–Crippen LogP) is 4.17. The van der Waals surface area contributed by atoms with Crippen LogP contribution in [-0.4, -0.2) is 12.6 Å². The molecule has 0 bridgehead atoms. The number of carbonyl (C=O) groups is 1. The molecule has 106 valence electrons. The third-order valence-electron chi connectivity index (χ3n) is 2.52. The Hall–Kier alpha value is -2.15. The topological polar surface area (TPSA) is 41.1 Å². The molecule has 0 heterocycles. The Balaban J connectivity index is 1.84. The fraction of sp³-hybridized carbons (Fsp3) is 0.0625. The number of halogens is 2. The van der Waals surface area contributed by atoms with Gasteiger partial charge in [-0.3, -0.25) is 0 Å². The van der Waals surface area contributed by atoms with E-state index in [1.807, 2.05) is 18.2 Å². The van der Waals surface area contributed by atoms with Crippen LogP contribution in [0.15, 0.2) is 48.5 Å². The van der Waals surface area contributed by atoms with E-state index in [9.17, 15) is 4.79 Å². The molecule has 0 unspecified atom stereocenters. The maximum absolute atomic E-state index is 11.6. The van der Waals surface area contributed by atoms with E-state index in [0.29, 0.717) is 15.7 Å². The zero-order chi connectivity index (χ0) is 15.1. The van der Waals surface area contributed by atoms with Gasteiger partial charge in [-0.2, -0.15) is 0 Å². The molecular formula is C16H12Cl2N2O. The van der Waals surface area contributed by atoms with Gasteiger partial charge in [0.15, 0.2) is 0 Å². The summed E-state index contributed by atoms with van der Waals surface area (Å²) in [7, 11) is 0. The van der Waals surface area contributed by atoms with Crippen molar-refractivity contribution in [3.05, 3.63) is 64.1 Å². The Labute approximate surface area is 133 Å². The standard InChI is InChI=1S/C16H12Cl2N2O/c17-13-7-3-8-14(11-13)20-16(21)19-10-4-6-12-5-1-2-9-15(12)18/h1-3,5,7-9,11H,10H2,(H2,19,20,21). The van der Waals surface area contributed by atoms with E-state index in [4.69, 9.17) is 23.2 Å². The lowest BCUT2D eigenvalue weighted by Crippen LogP contribution is -2.28. The van der Waals surface area contributed by atoms with Gasteiger partial charge in [0.1, 0.15) is 0 Å². The highest BCUT2D eigenvalue weighted by atomic mass is 35.5. The average Bonchev–Trinajstić information content (AvgIpc) is 2.45. The molecule has 2 aromatic rings. The van der Waals surface area contributed by atoms with Gasteiger partial charge in [0, 0.05) is 16.3 Å². The Morgan fingerprint density at radius 3 is 2.67 bits per heavy atom. The molecular weight excluding hydrogens is 307 g/mol. The van der Waals surface area contributed by atoms with Crippen molar-refractivity contribution in [1.29, 1.82) is 0 Å². The second kappa shape index (κ2) is 7.58. The number of benzene rings is 2. The molecule has 2 aromatic carbocycles. The molecule has 0 spiro atoms. The van der Waals surface area contributed by atoms with Crippen molar-refractivity contribution in [2.45, 2.75) is 0 Å². The molecule has 21 heavy (non-hydrogen) atoms. The highest BCUT2D eigenvalue weighted by molar-refractivity contribution is 6.31. The van der Waals surface area contributed by atoms with Crippen molar-refractivity contribution in [3.8, 4) is 11.8 Å². The van der Waals surface area contributed by atoms with E-state index in [0.717, 1.165) is 5.56 Å². The number of urea groups is 1. The van der Waals surface area contributed by atoms with Crippen molar-refractivity contribution in [2.24, 2.45) is 0 Å². The largest absolute Gasteiger partial charge is 0.327 e. The van der Waals surface area contributed by atoms with Crippen LogP contribution in [-0.2, 0) is 0 Å². The Kier molecular flexibility index (Phi) is 5.51. The van der Waals surface area contributed by atoms with Crippen LogP contribution in [0.3, 0.4) is 0 Å². The first kappa shape index (κ1) is 15.2. The van der Waals surface area contributed by atoms with Crippen LogP contribution >= 0.6 is 23.2 Å². The van der Waals surface area contributed by atoms with E-state index in [-0.39, 0.29) is 12.6 Å². The third-order valence-corrected chi connectivity index (χ3v) is 3.08. The molecule has 0 saturated heterocycles. The quantitative estimate of drug-likeness (QED) is 0.802. The molecule has 2 N–H and O–H groups in total. The van der Waals surface area contributed by atoms with Crippen LogP contribution in [0.1, 0.15) is 5.56 Å². The lowest BCUT2D eigenvalue weighted by Gasteiger charge is -2.05. The van der Waals surface area contributed by atoms with Crippen LogP contribution < -0.4 is 10.6 Å². The van der Waals surface area contributed by atoms with Crippen LogP contribution in [0.2, 0.25) is 10.0 Å². The minimum absolute atomic E-state index is 0.220. The molecule has 2 amide bonds. The van der Waals surface area contributed by atoms with Gasteiger partial charge in [-0.25, -0.2) is 4.79 Å². The van der Waals surface area contributed by atoms with E-state index in [1.54, 1.807) is 30.3 Å². The summed E-state index contributed by atoms with van der Waals surface area (Å²) >= 11 is 11.8. The fourth-order valence-electron chi connectivity index (χ4n) is 1.57. The molecule has 0 aliphatic rings. The smallest absolute Gasteiger partial charge is 0.319 e. The van der Waals surface area contributed by atoms with Crippen LogP contribution in [0, 0.1) is 11.8 Å². The molecule has 5 heteroatoms. The van der Waals surface area contributed by atoms with Gasteiger partial charge >= 0.3 is 6.03 Å². The van der Waals surface area contributed by atoms with Crippen molar-refractivity contribution in [3.63, 3.8) is 0 Å². The number of rotatable bonds is 2. The minimum Gasteiger partial charge on any atom is -0.327 e. The SMILES string of the molecule is O=C(NCC#Cc1ccccc1Cl)Nc1cccc(Cl)c1. The van der Waals surface area contributed by atoms with E-state index in [2.05, 4.69) is 22.5 Å². The zero-order valence-corrected chi connectivity index (χ0v) is 12.5. The first-order chi connectivity index (χ1) is 10.1. The molecule has 0 aromatic heterocycles. The summed E-state index contributed by atoms with van der Waals surface area (Å²) in [6.45, 7) is 0.220. The van der Waals surface area contributed by atoms with Gasteiger partial charge in [0.05, 0.1) is 11.6 Å². The summed E-state index contributed by atoms with van der Waals surface area (Å²) in [5.74, 6) is 5.73. The summed E-state index contributed by atoms with van der Waals surface area (Å²) < 4.78 is 0. The van der Waals surface area contributed by atoms with Gasteiger partial charge in [0.2, 0.25) is 0 Å². The molecule has 0 atom stereocenters. The lowest BCUT2D eigenvalue weighted by atomic mass is 10.2. The average molecular weight is 319 g/mol. The second-order valence-electron chi connectivity index (χ2n) is 4.10. The molecule has 0 aliphatic heterocycles. The molecule has 0 aliphatic carbocycles. The number of hydrogen-bond donors (Lipinski definition) is 2. The summed E-state index contributed by atoms with van der Waals surface area (Å²) in [5, 5.41) is 6.45. The third kappa shape index (κ3) is 5.03. The number of carbonyl (C=O) groups excluding carboxylic acids is 1. The number of amides is 2. The van der Waals surface area contributed by atoms with Crippen molar-refractivity contribution in [2.75, 3.05) is 11.9 Å². The van der Waals surface area contributed by atoms with E-state index in [1.165, 1.54) is 0 Å². The van der Waals surface area contributed by atoms with Crippen LogP contribution in [0.25, 0.3) is 0 Å². The minimum atomic E-state index is -0.342.